The molecule has 2 aromatic carbocycles. The van der Waals surface area contributed by atoms with Crippen LogP contribution in [0.2, 0.25) is 10.0 Å². The van der Waals surface area contributed by atoms with Crippen LogP contribution in [0.3, 0.4) is 0 Å². The topological polar surface area (TPSA) is 73.6 Å². The lowest BCUT2D eigenvalue weighted by Gasteiger charge is -2.13. The molecule has 1 heterocycles. The van der Waals surface area contributed by atoms with Gasteiger partial charge in [0.05, 0.1) is 36.0 Å². The highest BCUT2D eigenvalue weighted by Gasteiger charge is 2.54. The van der Waals surface area contributed by atoms with Crippen LogP contribution in [0.1, 0.15) is 18.5 Å². The molecule has 0 atom stereocenters. The molecular formula is C21H18Cl2N2O4. The molecule has 29 heavy (non-hydrogen) atoms. The van der Waals surface area contributed by atoms with Crippen LogP contribution < -0.4 is 14.8 Å². The Balaban J connectivity index is 1.58. The second kappa shape index (κ2) is 7.61. The molecule has 0 saturated heterocycles. The fourth-order valence-electron chi connectivity index (χ4n) is 3.18. The molecule has 4 rings (SSSR count). The summed E-state index contributed by atoms with van der Waals surface area (Å²) >= 11 is 12.1. The first-order valence-electron chi connectivity index (χ1n) is 8.93. The number of carbonyl (C=O) groups excluding carboxylic acids is 1. The zero-order valence-corrected chi connectivity index (χ0v) is 17.3. The van der Waals surface area contributed by atoms with Gasteiger partial charge in [-0.3, -0.25) is 4.79 Å². The van der Waals surface area contributed by atoms with Crippen LogP contribution in [0.4, 0.5) is 5.69 Å². The van der Waals surface area contributed by atoms with E-state index in [4.69, 9.17) is 37.2 Å². The van der Waals surface area contributed by atoms with Gasteiger partial charge in [0.15, 0.2) is 17.3 Å². The summed E-state index contributed by atoms with van der Waals surface area (Å²) in [5.74, 6) is 1.58. The number of halogens is 2. The number of benzene rings is 2. The first-order valence-corrected chi connectivity index (χ1v) is 9.68. The number of nitrogens with zero attached hydrogens (tertiary/aromatic N) is 1. The third-order valence-electron chi connectivity index (χ3n) is 5.03. The molecule has 8 heteroatoms. The van der Waals surface area contributed by atoms with E-state index in [1.165, 1.54) is 0 Å². The second-order valence-corrected chi connectivity index (χ2v) is 7.65. The largest absolute Gasteiger partial charge is 0.493 e. The van der Waals surface area contributed by atoms with Gasteiger partial charge in [-0.15, -0.1) is 0 Å². The lowest BCUT2D eigenvalue weighted by molar-refractivity contribution is -0.118. The number of rotatable bonds is 6. The van der Waals surface area contributed by atoms with Gasteiger partial charge in [0, 0.05) is 16.7 Å². The van der Waals surface area contributed by atoms with E-state index in [1.54, 1.807) is 50.6 Å². The Bertz CT molecular complexity index is 1080. The van der Waals surface area contributed by atoms with Gasteiger partial charge in [-0.2, -0.15) is 0 Å². The number of hydrogen-bond acceptors (Lipinski definition) is 5. The fraction of sp³-hybridized carbons (Fsp3) is 0.238. The molecule has 1 aromatic heterocycles. The van der Waals surface area contributed by atoms with Crippen molar-refractivity contribution < 1.29 is 18.8 Å². The van der Waals surface area contributed by atoms with E-state index in [0.717, 1.165) is 5.56 Å². The summed E-state index contributed by atoms with van der Waals surface area (Å²) < 4.78 is 16.1. The number of nitrogens with one attached hydrogen (secondary N) is 1. The summed E-state index contributed by atoms with van der Waals surface area (Å²) in [6.45, 7) is 0. The highest BCUT2D eigenvalue weighted by atomic mass is 35.5. The van der Waals surface area contributed by atoms with Crippen molar-refractivity contribution in [2.24, 2.45) is 0 Å². The van der Waals surface area contributed by atoms with Crippen molar-refractivity contribution in [2.75, 3.05) is 19.5 Å². The Morgan fingerprint density at radius 3 is 2.48 bits per heavy atom. The summed E-state index contributed by atoms with van der Waals surface area (Å²) in [5.41, 5.74) is 1.15. The average molecular weight is 433 g/mol. The van der Waals surface area contributed by atoms with Crippen LogP contribution in [0.5, 0.6) is 11.5 Å². The average Bonchev–Trinajstić information content (AvgIpc) is 3.39. The maximum Gasteiger partial charge on any atom is 0.236 e. The van der Waals surface area contributed by atoms with Crippen LogP contribution in [0, 0.1) is 0 Å². The number of amides is 1. The first-order chi connectivity index (χ1) is 14.0. The third-order valence-corrected chi connectivity index (χ3v) is 5.58. The standard InChI is InChI=1S/C21H18Cl2N2O4/c1-27-16-6-3-12(9-18(16)28-2)17-11-19(25-29-17)21(7-8-21)20(26)24-15-5-4-13(22)10-14(15)23/h3-6,9-11H,7-8H2,1-2H3,(H,24,26). The predicted molar refractivity (Wildman–Crippen MR) is 111 cm³/mol. The lowest BCUT2D eigenvalue weighted by Crippen LogP contribution is -2.28. The first kappa shape index (κ1) is 19.6. The van der Waals surface area contributed by atoms with Gasteiger partial charge in [0.25, 0.3) is 0 Å². The van der Waals surface area contributed by atoms with E-state index in [1.807, 2.05) is 6.07 Å². The molecule has 150 valence electrons. The fourth-order valence-corrected chi connectivity index (χ4v) is 3.64. The van der Waals surface area contributed by atoms with Crippen molar-refractivity contribution in [1.29, 1.82) is 0 Å². The SMILES string of the molecule is COc1ccc(-c2cc(C3(C(=O)Nc4ccc(Cl)cc4Cl)CC3)no2)cc1OC. The Morgan fingerprint density at radius 2 is 1.83 bits per heavy atom. The van der Waals surface area contributed by atoms with Crippen LogP contribution in [0.25, 0.3) is 11.3 Å². The molecule has 1 fully saturated rings. The van der Waals surface area contributed by atoms with Crippen LogP contribution in [-0.4, -0.2) is 25.3 Å². The van der Waals surface area contributed by atoms with Crippen molar-refractivity contribution in [3.8, 4) is 22.8 Å². The Morgan fingerprint density at radius 1 is 1.07 bits per heavy atom. The molecule has 1 saturated carbocycles. The van der Waals surface area contributed by atoms with E-state index in [9.17, 15) is 4.79 Å². The van der Waals surface area contributed by atoms with E-state index in [2.05, 4.69) is 10.5 Å². The van der Waals surface area contributed by atoms with E-state index in [-0.39, 0.29) is 5.91 Å². The van der Waals surface area contributed by atoms with Gasteiger partial charge in [-0.05, 0) is 49.2 Å². The minimum absolute atomic E-state index is 0.172. The van der Waals surface area contributed by atoms with E-state index >= 15 is 0 Å². The van der Waals surface area contributed by atoms with Crippen molar-refractivity contribution in [1.82, 2.24) is 5.16 Å². The van der Waals surface area contributed by atoms with Gasteiger partial charge in [-0.25, -0.2) is 0 Å². The number of carbonyl (C=O) groups is 1. The van der Waals surface area contributed by atoms with E-state index < -0.39 is 5.41 Å². The van der Waals surface area contributed by atoms with Gasteiger partial charge < -0.3 is 19.3 Å². The second-order valence-electron chi connectivity index (χ2n) is 6.81. The minimum Gasteiger partial charge on any atom is -0.493 e. The van der Waals surface area contributed by atoms with Crippen molar-refractivity contribution in [3.05, 3.63) is 58.2 Å². The number of methoxy groups -OCH3 is 2. The Hall–Kier alpha value is -2.70. The summed E-state index contributed by atoms with van der Waals surface area (Å²) in [6.07, 6.45) is 1.36. The Labute approximate surface area is 177 Å². The number of hydrogen-bond donors (Lipinski definition) is 1. The summed E-state index contributed by atoms with van der Waals surface area (Å²) in [6, 6.07) is 12.2. The van der Waals surface area contributed by atoms with E-state index in [0.29, 0.717) is 51.5 Å². The molecule has 1 aliphatic rings. The molecule has 0 radical (unpaired) electrons. The highest BCUT2D eigenvalue weighted by Crippen LogP contribution is 2.49. The molecule has 1 amide bonds. The minimum atomic E-state index is -0.721. The van der Waals surface area contributed by atoms with Crippen molar-refractivity contribution in [2.45, 2.75) is 18.3 Å². The summed E-state index contributed by atoms with van der Waals surface area (Å²) in [4.78, 5) is 12.9. The number of aromatic nitrogens is 1. The quantitative estimate of drug-likeness (QED) is 0.569. The molecule has 0 unspecified atom stereocenters. The zero-order chi connectivity index (χ0) is 20.6. The lowest BCUT2D eigenvalue weighted by atomic mass is 10.00. The van der Waals surface area contributed by atoms with Gasteiger partial charge in [0.2, 0.25) is 5.91 Å². The molecule has 0 spiro atoms. The smallest absolute Gasteiger partial charge is 0.236 e. The molecule has 0 aliphatic heterocycles. The monoisotopic (exact) mass is 432 g/mol. The van der Waals surface area contributed by atoms with Gasteiger partial charge in [-0.1, -0.05) is 28.4 Å². The molecule has 0 bridgehead atoms. The maximum atomic E-state index is 12.9. The zero-order valence-electron chi connectivity index (χ0n) is 15.8. The van der Waals surface area contributed by atoms with Crippen LogP contribution in [0.15, 0.2) is 47.0 Å². The number of anilines is 1. The molecule has 1 N–H and O–H groups in total. The normalized spacial score (nSPS) is 14.3. The summed E-state index contributed by atoms with van der Waals surface area (Å²) in [5, 5.41) is 7.92. The summed E-state index contributed by atoms with van der Waals surface area (Å²) in [7, 11) is 3.14. The third kappa shape index (κ3) is 3.66. The van der Waals surface area contributed by atoms with Crippen LogP contribution >= 0.6 is 23.2 Å². The predicted octanol–water partition coefficient (Wildman–Crippen LogP) is 5.34. The number of ether oxygens (including phenoxy) is 2. The Kier molecular flexibility index (Phi) is 5.15. The van der Waals surface area contributed by atoms with Gasteiger partial charge >= 0.3 is 0 Å². The van der Waals surface area contributed by atoms with Crippen molar-refractivity contribution >= 4 is 34.8 Å². The highest BCUT2D eigenvalue weighted by molar-refractivity contribution is 6.36. The molecule has 6 nitrogen and oxygen atoms in total. The van der Waals surface area contributed by atoms with Crippen LogP contribution in [-0.2, 0) is 10.2 Å². The molecular weight excluding hydrogens is 415 g/mol. The molecule has 1 aliphatic carbocycles. The van der Waals surface area contributed by atoms with Crippen molar-refractivity contribution in [3.63, 3.8) is 0 Å². The maximum absolute atomic E-state index is 12.9. The molecule has 3 aromatic rings. The van der Waals surface area contributed by atoms with Gasteiger partial charge in [0.1, 0.15) is 0 Å².